The molecule has 3 rings (SSSR count). The van der Waals surface area contributed by atoms with Crippen molar-refractivity contribution in [2.75, 3.05) is 18.6 Å². The monoisotopic (exact) mass is 444 g/mol. The predicted octanol–water partition coefficient (Wildman–Crippen LogP) is 4.14. The van der Waals surface area contributed by atoms with E-state index in [0.29, 0.717) is 18.9 Å². The highest BCUT2D eigenvalue weighted by Crippen LogP contribution is 2.40. The molecule has 0 heterocycles. The van der Waals surface area contributed by atoms with Crippen molar-refractivity contribution in [3.8, 4) is 5.75 Å². The standard InChI is InChI=1S/C25H32O5S/c1-29-24(27)14-15-31(28)18-22(26)16-21-12-7-13-23(20-10-5-6-11-20)25(21)30-17-19-8-3-2-4-9-19/h2-4,7-9,12-13,20,22,26H,5-6,10-11,14-18H2,1H3. The third-order valence-electron chi connectivity index (χ3n) is 5.74. The van der Waals surface area contributed by atoms with Crippen LogP contribution in [0.2, 0.25) is 0 Å². The number of hydrogen-bond donors (Lipinski definition) is 1. The molecule has 0 aromatic heterocycles. The molecule has 2 unspecified atom stereocenters. The first-order chi connectivity index (χ1) is 15.1. The van der Waals surface area contributed by atoms with Crippen LogP contribution in [0.4, 0.5) is 0 Å². The number of methoxy groups -OCH3 is 1. The maximum Gasteiger partial charge on any atom is 0.306 e. The molecule has 0 radical (unpaired) electrons. The van der Waals surface area contributed by atoms with Gasteiger partial charge in [-0.25, -0.2) is 0 Å². The zero-order valence-electron chi connectivity index (χ0n) is 18.1. The topological polar surface area (TPSA) is 72.8 Å². The highest BCUT2D eigenvalue weighted by molar-refractivity contribution is 7.85. The summed E-state index contributed by atoms with van der Waals surface area (Å²) in [4.78, 5) is 11.3. The normalized spacial score (nSPS) is 16.1. The zero-order chi connectivity index (χ0) is 22.1. The van der Waals surface area contributed by atoms with Crippen molar-refractivity contribution in [2.24, 2.45) is 0 Å². The van der Waals surface area contributed by atoms with E-state index in [1.165, 1.54) is 25.5 Å². The van der Waals surface area contributed by atoms with Crippen LogP contribution in [-0.2, 0) is 33.4 Å². The molecule has 6 heteroatoms. The summed E-state index contributed by atoms with van der Waals surface area (Å²) in [5.41, 5.74) is 3.25. The minimum Gasteiger partial charge on any atom is -0.488 e. The SMILES string of the molecule is COC(=O)CCS(=O)CC(O)Cc1cccc(C2CCCC2)c1OCc1ccccc1. The van der Waals surface area contributed by atoms with Gasteiger partial charge in [0.05, 0.1) is 19.6 Å². The van der Waals surface area contributed by atoms with Gasteiger partial charge in [0, 0.05) is 28.7 Å². The van der Waals surface area contributed by atoms with Crippen LogP contribution in [0.15, 0.2) is 48.5 Å². The van der Waals surface area contributed by atoms with Crippen molar-refractivity contribution in [3.63, 3.8) is 0 Å². The molecule has 1 N–H and O–H groups in total. The number of carbonyl (C=O) groups is 1. The smallest absolute Gasteiger partial charge is 0.306 e. The van der Waals surface area contributed by atoms with Gasteiger partial charge in [-0.15, -0.1) is 0 Å². The van der Waals surface area contributed by atoms with E-state index in [1.54, 1.807) is 0 Å². The van der Waals surface area contributed by atoms with Gasteiger partial charge >= 0.3 is 5.97 Å². The highest BCUT2D eigenvalue weighted by Gasteiger charge is 2.23. The summed E-state index contributed by atoms with van der Waals surface area (Å²) in [7, 11) is 0.0289. The Kier molecular flexibility index (Phi) is 9.10. The Morgan fingerprint density at radius 1 is 1.13 bits per heavy atom. The molecule has 0 bridgehead atoms. The van der Waals surface area contributed by atoms with Gasteiger partial charge in [0.1, 0.15) is 12.4 Å². The van der Waals surface area contributed by atoms with Crippen molar-refractivity contribution in [1.29, 1.82) is 0 Å². The molecule has 168 valence electrons. The number of ether oxygens (including phenoxy) is 2. The number of hydrogen-bond acceptors (Lipinski definition) is 5. The van der Waals surface area contributed by atoms with Gasteiger partial charge in [0.25, 0.3) is 0 Å². The van der Waals surface area contributed by atoms with E-state index in [1.807, 2.05) is 42.5 Å². The first-order valence-corrected chi connectivity index (χ1v) is 12.4. The van der Waals surface area contributed by atoms with Gasteiger partial charge in [-0.05, 0) is 35.4 Å². The summed E-state index contributed by atoms with van der Waals surface area (Å²) in [5, 5.41) is 10.6. The van der Waals surface area contributed by atoms with Crippen LogP contribution < -0.4 is 4.74 Å². The third-order valence-corrected chi connectivity index (χ3v) is 7.16. The minimum atomic E-state index is -1.28. The Hall–Kier alpha value is -2.18. The van der Waals surface area contributed by atoms with E-state index in [0.717, 1.165) is 29.7 Å². The van der Waals surface area contributed by atoms with Crippen LogP contribution in [-0.4, -0.2) is 40.0 Å². The van der Waals surface area contributed by atoms with E-state index in [9.17, 15) is 14.1 Å². The molecule has 2 aromatic rings. The molecule has 2 aromatic carbocycles. The second-order valence-electron chi connectivity index (χ2n) is 8.09. The van der Waals surface area contributed by atoms with Crippen LogP contribution in [0.25, 0.3) is 0 Å². The van der Waals surface area contributed by atoms with Gasteiger partial charge in [0.2, 0.25) is 0 Å². The molecule has 0 amide bonds. The molecule has 0 aliphatic heterocycles. The number of benzene rings is 2. The molecule has 31 heavy (non-hydrogen) atoms. The largest absolute Gasteiger partial charge is 0.488 e. The number of esters is 1. The molecule has 2 atom stereocenters. The number of aliphatic hydroxyl groups excluding tert-OH is 1. The van der Waals surface area contributed by atoms with Gasteiger partial charge in [0.15, 0.2) is 0 Å². The lowest BCUT2D eigenvalue weighted by molar-refractivity contribution is -0.140. The van der Waals surface area contributed by atoms with E-state index < -0.39 is 16.9 Å². The molecule has 1 fully saturated rings. The van der Waals surface area contributed by atoms with Gasteiger partial charge in [-0.3, -0.25) is 9.00 Å². The summed E-state index contributed by atoms with van der Waals surface area (Å²) in [6.07, 6.45) is 4.48. The Labute approximate surface area is 187 Å². The molecular weight excluding hydrogens is 412 g/mol. The number of rotatable bonds is 11. The fraction of sp³-hybridized carbons (Fsp3) is 0.480. The summed E-state index contributed by atoms with van der Waals surface area (Å²) in [6.45, 7) is 0.471. The summed E-state index contributed by atoms with van der Waals surface area (Å²) < 4.78 is 23.2. The van der Waals surface area contributed by atoms with Gasteiger partial charge in [-0.1, -0.05) is 61.4 Å². The molecule has 0 spiro atoms. The van der Waals surface area contributed by atoms with Crippen molar-refractivity contribution < 1.29 is 23.6 Å². The molecule has 1 aliphatic rings. The molecular formula is C25H32O5S. The number of aliphatic hydroxyl groups is 1. The molecule has 5 nitrogen and oxygen atoms in total. The Morgan fingerprint density at radius 3 is 2.58 bits per heavy atom. The minimum absolute atomic E-state index is 0.0957. The van der Waals surface area contributed by atoms with E-state index in [4.69, 9.17) is 4.74 Å². The summed E-state index contributed by atoms with van der Waals surface area (Å²) >= 11 is 0. The first-order valence-electron chi connectivity index (χ1n) is 10.9. The van der Waals surface area contributed by atoms with Crippen LogP contribution in [0.5, 0.6) is 5.75 Å². The van der Waals surface area contributed by atoms with E-state index in [2.05, 4.69) is 10.8 Å². The van der Waals surface area contributed by atoms with Crippen LogP contribution in [0, 0.1) is 0 Å². The maximum atomic E-state index is 12.2. The molecule has 0 saturated heterocycles. The Morgan fingerprint density at radius 2 is 1.87 bits per heavy atom. The molecule has 1 aliphatic carbocycles. The van der Waals surface area contributed by atoms with E-state index >= 15 is 0 Å². The number of para-hydroxylation sites is 1. The quantitative estimate of drug-likeness (QED) is 0.528. The van der Waals surface area contributed by atoms with Crippen molar-refractivity contribution >= 4 is 16.8 Å². The third kappa shape index (κ3) is 7.18. The average Bonchev–Trinajstić information content (AvgIpc) is 3.32. The van der Waals surface area contributed by atoms with Crippen LogP contribution in [0.1, 0.15) is 54.7 Å². The lowest BCUT2D eigenvalue weighted by Crippen LogP contribution is -2.22. The average molecular weight is 445 g/mol. The van der Waals surface area contributed by atoms with Crippen LogP contribution >= 0.6 is 0 Å². The number of carbonyl (C=O) groups excluding carboxylic acids is 1. The Balaban J connectivity index is 1.71. The van der Waals surface area contributed by atoms with Crippen LogP contribution in [0.3, 0.4) is 0 Å². The second-order valence-corrected chi connectivity index (χ2v) is 9.71. The fourth-order valence-corrected chi connectivity index (χ4v) is 5.25. The Bertz CT molecular complexity index is 861. The van der Waals surface area contributed by atoms with Gasteiger partial charge in [-0.2, -0.15) is 0 Å². The van der Waals surface area contributed by atoms with Crippen molar-refractivity contribution in [2.45, 2.75) is 57.2 Å². The van der Waals surface area contributed by atoms with Gasteiger partial charge < -0.3 is 14.6 Å². The second kappa shape index (κ2) is 12.0. The predicted molar refractivity (Wildman–Crippen MR) is 123 cm³/mol. The van der Waals surface area contributed by atoms with Crippen molar-refractivity contribution in [3.05, 3.63) is 65.2 Å². The maximum absolute atomic E-state index is 12.2. The first kappa shape index (κ1) is 23.5. The fourth-order valence-electron chi connectivity index (χ4n) is 4.14. The highest BCUT2D eigenvalue weighted by atomic mass is 32.2. The lowest BCUT2D eigenvalue weighted by Gasteiger charge is -2.21. The lowest BCUT2D eigenvalue weighted by atomic mass is 9.93. The zero-order valence-corrected chi connectivity index (χ0v) is 18.9. The van der Waals surface area contributed by atoms with E-state index in [-0.39, 0.29) is 23.9 Å². The molecule has 1 saturated carbocycles. The summed E-state index contributed by atoms with van der Waals surface area (Å²) in [6, 6.07) is 16.2. The van der Waals surface area contributed by atoms with Crippen molar-refractivity contribution in [1.82, 2.24) is 0 Å². The summed E-state index contributed by atoms with van der Waals surface area (Å²) in [5.74, 6) is 1.28.